The third kappa shape index (κ3) is 6.19. The van der Waals surface area contributed by atoms with E-state index in [1.54, 1.807) is 0 Å². The quantitative estimate of drug-likeness (QED) is 0.730. The summed E-state index contributed by atoms with van der Waals surface area (Å²) in [4.78, 5) is 30.1. The maximum Gasteiger partial charge on any atom is 0.317 e. The van der Waals surface area contributed by atoms with Crippen LogP contribution in [0.4, 0.5) is 0 Å². The molecule has 1 atom stereocenters. The fourth-order valence-electron chi connectivity index (χ4n) is 3.78. The fourth-order valence-corrected chi connectivity index (χ4v) is 3.78. The number of carbonyl (C=O) groups is 2. The van der Waals surface area contributed by atoms with Gasteiger partial charge in [-0.25, -0.2) is 0 Å². The number of amides is 1. The van der Waals surface area contributed by atoms with Gasteiger partial charge in [0.1, 0.15) is 6.04 Å². The highest BCUT2D eigenvalue weighted by atomic mass is 35.5. The van der Waals surface area contributed by atoms with Gasteiger partial charge in [-0.05, 0) is 39.3 Å². The Morgan fingerprint density at radius 1 is 1.15 bits per heavy atom. The number of halogens is 1. The maximum absolute atomic E-state index is 13.2. The predicted octanol–water partition coefficient (Wildman–Crippen LogP) is 2.50. The second-order valence-electron chi connectivity index (χ2n) is 6.90. The number of piperidine rings is 1. The van der Waals surface area contributed by atoms with E-state index in [1.807, 2.05) is 61.0 Å². The van der Waals surface area contributed by atoms with Crippen molar-refractivity contribution < 1.29 is 14.7 Å². The number of likely N-dealkylation sites (tertiary alicyclic amines) is 1. The molecule has 152 valence electrons. The zero-order valence-corrected chi connectivity index (χ0v) is 17.3. The predicted molar refractivity (Wildman–Crippen MR) is 109 cm³/mol. The van der Waals surface area contributed by atoms with Crippen LogP contribution < -0.4 is 0 Å². The minimum atomic E-state index is -0.797. The number of likely N-dealkylation sites (N-methyl/N-ethyl adjacent to an activating group) is 2. The molecule has 1 heterocycles. The highest BCUT2D eigenvalue weighted by molar-refractivity contribution is 5.85. The van der Waals surface area contributed by atoms with Crippen molar-refractivity contribution >= 4 is 24.3 Å². The van der Waals surface area contributed by atoms with E-state index in [4.69, 9.17) is 5.11 Å². The molecule has 1 aliphatic heterocycles. The molecule has 1 unspecified atom stereocenters. The molecule has 0 spiro atoms. The first-order valence-corrected chi connectivity index (χ1v) is 9.47. The molecule has 1 fully saturated rings. The molecule has 1 aromatic rings. The van der Waals surface area contributed by atoms with E-state index in [1.165, 1.54) is 0 Å². The van der Waals surface area contributed by atoms with Gasteiger partial charge < -0.3 is 10.0 Å². The molecular weight excluding hydrogens is 366 g/mol. The largest absolute Gasteiger partial charge is 0.480 e. The molecule has 0 radical (unpaired) electrons. The highest BCUT2D eigenvalue weighted by Gasteiger charge is 2.34. The van der Waals surface area contributed by atoms with Crippen LogP contribution in [0.15, 0.2) is 30.3 Å². The number of carboxylic acid groups (broad SMARTS) is 1. The van der Waals surface area contributed by atoms with E-state index in [0.717, 1.165) is 31.5 Å². The molecule has 1 saturated heterocycles. The van der Waals surface area contributed by atoms with Crippen molar-refractivity contribution in [2.75, 3.05) is 39.8 Å². The third-order valence-electron chi connectivity index (χ3n) is 5.30. The lowest BCUT2D eigenvalue weighted by Gasteiger charge is -2.40. The summed E-state index contributed by atoms with van der Waals surface area (Å²) < 4.78 is 0. The Morgan fingerprint density at radius 3 is 2.19 bits per heavy atom. The molecule has 6 nitrogen and oxygen atoms in total. The van der Waals surface area contributed by atoms with Crippen molar-refractivity contribution in [1.82, 2.24) is 14.7 Å². The van der Waals surface area contributed by atoms with Crippen LogP contribution in [0.1, 0.15) is 38.3 Å². The van der Waals surface area contributed by atoms with Crippen molar-refractivity contribution in [3.05, 3.63) is 35.9 Å². The van der Waals surface area contributed by atoms with Crippen molar-refractivity contribution in [3.8, 4) is 0 Å². The Bertz CT molecular complexity index is 587. The van der Waals surface area contributed by atoms with E-state index in [0.29, 0.717) is 13.1 Å². The van der Waals surface area contributed by atoms with Gasteiger partial charge in [0.15, 0.2) is 0 Å². The number of nitrogens with zero attached hydrogens (tertiary/aromatic N) is 3. The molecule has 7 heteroatoms. The Balaban J connectivity index is 0.00000364. The Labute approximate surface area is 168 Å². The number of rotatable bonds is 8. The molecule has 0 aromatic heterocycles. The molecular formula is C20H32ClN3O3. The van der Waals surface area contributed by atoms with Gasteiger partial charge in [0.05, 0.1) is 6.54 Å². The fraction of sp³-hybridized carbons (Fsp3) is 0.600. The monoisotopic (exact) mass is 397 g/mol. The van der Waals surface area contributed by atoms with Crippen molar-refractivity contribution in [2.45, 2.75) is 38.8 Å². The maximum atomic E-state index is 13.2. The molecule has 1 aromatic carbocycles. The molecule has 1 N–H and O–H groups in total. The molecule has 2 rings (SSSR count). The number of hydrogen-bond acceptors (Lipinski definition) is 4. The lowest BCUT2D eigenvalue weighted by Crippen LogP contribution is -2.49. The van der Waals surface area contributed by atoms with Crippen LogP contribution >= 0.6 is 12.4 Å². The van der Waals surface area contributed by atoms with Crippen LogP contribution in [0.2, 0.25) is 0 Å². The minimum Gasteiger partial charge on any atom is -0.480 e. The number of benzene rings is 1. The lowest BCUT2D eigenvalue weighted by molar-refractivity contribution is -0.138. The van der Waals surface area contributed by atoms with Crippen molar-refractivity contribution in [2.24, 2.45) is 0 Å². The highest BCUT2D eigenvalue weighted by Crippen LogP contribution is 2.28. The Kier molecular flexibility index (Phi) is 9.77. The van der Waals surface area contributed by atoms with Crippen LogP contribution in [0, 0.1) is 0 Å². The second-order valence-corrected chi connectivity index (χ2v) is 6.90. The van der Waals surface area contributed by atoms with Crippen molar-refractivity contribution in [1.29, 1.82) is 0 Å². The van der Waals surface area contributed by atoms with Gasteiger partial charge in [0.2, 0.25) is 5.91 Å². The van der Waals surface area contributed by atoms with Crippen LogP contribution in [-0.2, 0) is 9.59 Å². The SMILES string of the molecule is CCN(CC)C(=O)C(c1ccccc1)N1CCC(N(C)CC(=O)O)CC1.Cl. The zero-order valence-electron chi connectivity index (χ0n) is 16.5. The van der Waals surface area contributed by atoms with Crippen LogP contribution in [0.5, 0.6) is 0 Å². The molecule has 0 aliphatic carbocycles. The second kappa shape index (κ2) is 11.3. The third-order valence-corrected chi connectivity index (χ3v) is 5.30. The molecule has 27 heavy (non-hydrogen) atoms. The summed E-state index contributed by atoms with van der Waals surface area (Å²) in [6.45, 7) is 7.08. The van der Waals surface area contributed by atoms with E-state index >= 15 is 0 Å². The normalized spacial score (nSPS) is 16.6. The molecule has 0 bridgehead atoms. The molecule has 1 aliphatic rings. The smallest absolute Gasteiger partial charge is 0.317 e. The lowest BCUT2D eigenvalue weighted by atomic mass is 9.97. The zero-order chi connectivity index (χ0) is 19.1. The van der Waals surface area contributed by atoms with Crippen LogP contribution in [0.3, 0.4) is 0 Å². The first-order valence-electron chi connectivity index (χ1n) is 9.47. The summed E-state index contributed by atoms with van der Waals surface area (Å²) in [6, 6.07) is 9.96. The summed E-state index contributed by atoms with van der Waals surface area (Å²) in [5, 5.41) is 8.99. The number of hydrogen-bond donors (Lipinski definition) is 1. The summed E-state index contributed by atoms with van der Waals surface area (Å²) in [5.41, 5.74) is 1.03. The van der Waals surface area contributed by atoms with Crippen molar-refractivity contribution in [3.63, 3.8) is 0 Å². The van der Waals surface area contributed by atoms with Crippen LogP contribution in [-0.4, -0.2) is 77.5 Å². The average Bonchev–Trinajstić information content (AvgIpc) is 2.64. The standard InChI is InChI=1S/C20H31N3O3.ClH/c1-4-22(5-2)20(26)19(16-9-7-6-8-10-16)23-13-11-17(12-14-23)21(3)15-18(24)25;/h6-10,17,19H,4-5,11-15H2,1-3H3,(H,24,25);1H. The van der Waals surface area contributed by atoms with Gasteiger partial charge in [0, 0.05) is 32.2 Å². The van der Waals surface area contributed by atoms with Crippen LogP contribution in [0.25, 0.3) is 0 Å². The summed E-state index contributed by atoms with van der Waals surface area (Å²) >= 11 is 0. The Hall–Kier alpha value is -1.63. The number of aliphatic carboxylic acids is 1. The molecule has 0 saturated carbocycles. The average molecular weight is 398 g/mol. The summed E-state index contributed by atoms with van der Waals surface area (Å²) in [5.74, 6) is -0.646. The van der Waals surface area contributed by atoms with E-state index in [9.17, 15) is 9.59 Å². The van der Waals surface area contributed by atoms with Gasteiger partial charge >= 0.3 is 5.97 Å². The summed E-state index contributed by atoms with van der Waals surface area (Å²) in [6.07, 6.45) is 1.75. The van der Waals surface area contributed by atoms with Gasteiger partial charge in [0.25, 0.3) is 0 Å². The number of carboxylic acids is 1. The van der Waals surface area contributed by atoms with Gasteiger partial charge in [-0.3, -0.25) is 19.4 Å². The topological polar surface area (TPSA) is 64.1 Å². The minimum absolute atomic E-state index is 0. The van der Waals surface area contributed by atoms with E-state index in [-0.39, 0.29) is 36.9 Å². The van der Waals surface area contributed by atoms with E-state index in [2.05, 4.69) is 4.90 Å². The van der Waals surface area contributed by atoms with Gasteiger partial charge in [-0.1, -0.05) is 30.3 Å². The Morgan fingerprint density at radius 2 is 1.70 bits per heavy atom. The first kappa shape index (κ1) is 23.4. The van der Waals surface area contributed by atoms with E-state index < -0.39 is 5.97 Å². The molecule has 1 amide bonds. The summed E-state index contributed by atoms with van der Waals surface area (Å²) in [7, 11) is 1.87. The first-order chi connectivity index (χ1) is 12.5. The van der Waals surface area contributed by atoms with Gasteiger partial charge in [-0.15, -0.1) is 12.4 Å². The van der Waals surface area contributed by atoms with Gasteiger partial charge in [-0.2, -0.15) is 0 Å². The number of carbonyl (C=O) groups excluding carboxylic acids is 1.